The van der Waals surface area contributed by atoms with Crippen molar-refractivity contribution in [1.82, 2.24) is 0 Å². The summed E-state index contributed by atoms with van der Waals surface area (Å²) in [5.74, 6) is 0.312. The minimum Gasteiger partial charge on any atom is -0.478 e. The van der Waals surface area contributed by atoms with Crippen LogP contribution in [0.5, 0.6) is 5.75 Å². The van der Waals surface area contributed by atoms with Crippen LogP contribution in [-0.4, -0.2) is 22.5 Å². The number of hydrogen-bond donors (Lipinski definition) is 1. The van der Waals surface area contributed by atoms with E-state index in [9.17, 15) is 14.7 Å². The summed E-state index contributed by atoms with van der Waals surface area (Å²) in [6, 6.07) is 14.2. The number of aryl methyl sites for hydroxylation is 2. The van der Waals surface area contributed by atoms with E-state index in [1.165, 1.54) is 0 Å². The van der Waals surface area contributed by atoms with Gasteiger partial charge in [-0.05, 0) is 80.2 Å². The summed E-state index contributed by atoms with van der Waals surface area (Å²) >= 11 is 1.57. The first-order valence-electron chi connectivity index (χ1n) is 10.6. The van der Waals surface area contributed by atoms with Crippen LogP contribution in [0.1, 0.15) is 59.5 Å². The molecule has 1 fully saturated rings. The fourth-order valence-electron chi connectivity index (χ4n) is 4.60. The van der Waals surface area contributed by atoms with Crippen LogP contribution in [0, 0.1) is 25.7 Å². The normalized spacial score (nSPS) is 21.0. The van der Waals surface area contributed by atoms with Gasteiger partial charge in [-0.3, -0.25) is 4.79 Å². The van der Waals surface area contributed by atoms with E-state index in [1.807, 2.05) is 38.1 Å². The molecule has 0 saturated heterocycles. The number of ether oxygens (including phenoxy) is 1. The summed E-state index contributed by atoms with van der Waals surface area (Å²) in [5, 5.41) is 10.5. The van der Waals surface area contributed by atoms with Gasteiger partial charge < -0.3 is 9.84 Å². The van der Waals surface area contributed by atoms with Crippen LogP contribution in [0.2, 0.25) is 0 Å². The quantitative estimate of drug-likeness (QED) is 0.455. The lowest BCUT2D eigenvalue weighted by molar-refractivity contribution is -0.152. The van der Waals surface area contributed by atoms with E-state index in [0.29, 0.717) is 11.7 Å². The molecule has 2 aromatic carbocycles. The third-order valence-corrected chi connectivity index (χ3v) is 7.56. The van der Waals surface area contributed by atoms with Crippen molar-refractivity contribution >= 4 is 33.2 Å². The van der Waals surface area contributed by atoms with E-state index in [-0.39, 0.29) is 17.6 Å². The fourth-order valence-corrected chi connectivity index (χ4v) is 5.66. The van der Waals surface area contributed by atoms with Gasteiger partial charge in [-0.25, -0.2) is 4.79 Å². The zero-order valence-corrected chi connectivity index (χ0v) is 19.4. The third-order valence-electron chi connectivity index (χ3n) is 6.43. The molecule has 1 N–H and O–H groups in total. The van der Waals surface area contributed by atoms with Crippen molar-refractivity contribution < 1.29 is 19.4 Å². The second-order valence-corrected chi connectivity index (χ2v) is 10.3. The molecule has 4 rings (SSSR count). The summed E-state index contributed by atoms with van der Waals surface area (Å²) < 4.78 is 6.99. The Hall–Kier alpha value is -2.66. The molecule has 1 aliphatic carbocycles. The highest BCUT2D eigenvalue weighted by Gasteiger charge is 2.44. The van der Waals surface area contributed by atoms with Crippen LogP contribution >= 0.6 is 11.3 Å². The summed E-state index contributed by atoms with van der Waals surface area (Å²) in [4.78, 5) is 25.7. The maximum Gasteiger partial charge on any atom is 0.347 e. The minimum atomic E-state index is -1.30. The highest BCUT2D eigenvalue weighted by atomic mass is 32.1. The molecule has 5 heteroatoms. The molecule has 0 radical (unpaired) electrons. The van der Waals surface area contributed by atoms with Crippen molar-refractivity contribution in [1.29, 1.82) is 0 Å². The zero-order chi connectivity index (χ0) is 22.5. The first-order valence-corrected chi connectivity index (χ1v) is 11.5. The number of carbonyl (C=O) groups is 2. The Balaban J connectivity index is 1.62. The second-order valence-electron chi connectivity index (χ2n) is 9.26. The van der Waals surface area contributed by atoms with Crippen LogP contribution in [0.4, 0.5) is 0 Å². The number of benzene rings is 2. The molecule has 0 aliphatic heterocycles. The molecule has 1 saturated carbocycles. The standard InChI is InChI=1S/C26H28O4S/c1-14-12-19(22(14)23(27)21-13-17-8-6-7-9-20(17)31-21)18-10-15(2)24(16(3)11-18)30-26(4,5)25(28)29/h6-11,13-14,19,22H,12H2,1-5H3,(H,28,29). The molecule has 0 amide bonds. The molecule has 4 nitrogen and oxygen atoms in total. The molecule has 1 heterocycles. The Morgan fingerprint density at radius 3 is 2.32 bits per heavy atom. The summed E-state index contributed by atoms with van der Waals surface area (Å²) in [5.41, 5.74) is 1.63. The molecule has 3 unspecified atom stereocenters. The van der Waals surface area contributed by atoms with Crippen molar-refractivity contribution in [2.45, 2.75) is 52.6 Å². The number of fused-ring (bicyclic) bond motifs is 1. The molecule has 0 bridgehead atoms. The average molecular weight is 437 g/mol. The zero-order valence-electron chi connectivity index (χ0n) is 18.6. The van der Waals surface area contributed by atoms with Gasteiger partial charge in [0, 0.05) is 10.6 Å². The van der Waals surface area contributed by atoms with E-state index in [1.54, 1.807) is 25.2 Å². The Morgan fingerprint density at radius 1 is 1.10 bits per heavy atom. The predicted octanol–water partition coefficient (Wildman–Crippen LogP) is 6.38. The van der Waals surface area contributed by atoms with E-state index in [0.717, 1.165) is 38.1 Å². The largest absolute Gasteiger partial charge is 0.478 e. The summed E-state index contributed by atoms with van der Waals surface area (Å²) in [7, 11) is 0. The van der Waals surface area contributed by atoms with Crippen molar-refractivity contribution in [3.05, 3.63) is 64.0 Å². The third kappa shape index (κ3) is 3.87. The highest BCUT2D eigenvalue weighted by molar-refractivity contribution is 7.20. The molecule has 1 aromatic heterocycles. The molecule has 3 atom stereocenters. The summed E-state index contributed by atoms with van der Waals surface area (Å²) in [6.45, 7) is 9.13. The Bertz CT molecular complexity index is 1120. The van der Waals surface area contributed by atoms with Crippen molar-refractivity contribution in [2.24, 2.45) is 11.8 Å². The van der Waals surface area contributed by atoms with Gasteiger partial charge in [-0.1, -0.05) is 37.3 Å². The second kappa shape index (κ2) is 7.79. The van der Waals surface area contributed by atoms with Crippen LogP contribution in [0.15, 0.2) is 42.5 Å². The van der Waals surface area contributed by atoms with Crippen LogP contribution in [0.3, 0.4) is 0 Å². The van der Waals surface area contributed by atoms with E-state index >= 15 is 0 Å². The van der Waals surface area contributed by atoms with Gasteiger partial charge in [-0.2, -0.15) is 0 Å². The molecule has 1 aliphatic rings. The monoisotopic (exact) mass is 436 g/mol. The van der Waals surface area contributed by atoms with Crippen molar-refractivity contribution in [2.75, 3.05) is 0 Å². The minimum absolute atomic E-state index is 0.0332. The van der Waals surface area contributed by atoms with Gasteiger partial charge in [0.15, 0.2) is 11.4 Å². The summed E-state index contributed by atoms with van der Waals surface area (Å²) in [6.07, 6.45) is 0.973. The molecular weight excluding hydrogens is 408 g/mol. The number of rotatable bonds is 6. The van der Waals surface area contributed by atoms with Crippen LogP contribution in [-0.2, 0) is 4.79 Å². The van der Waals surface area contributed by atoms with E-state index in [2.05, 4.69) is 25.1 Å². The van der Waals surface area contributed by atoms with Gasteiger partial charge in [0.2, 0.25) is 0 Å². The van der Waals surface area contributed by atoms with E-state index < -0.39 is 11.6 Å². The maximum atomic E-state index is 13.4. The number of carbonyl (C=O) groups excluding carboxylic acids is 1. The number of carboxylic acid groups (broad SMARTS) is 1. The lowest BCUT2D eigenvalue weighted by Crippen LogP contribution is -2.39. The van der Waals surface area contributed by atoms with E-state index in [4.69, 9.17) is 4.74 Å². The maximum absolute atomic E-state index is 13.4. The number of aliphatic carboxylic acids is 1. The molecule has 3 aromatic rings. The topological polar surface area (TPSA) is 63.6 Å². The lowest BCUT2D eigenvalue weighted by atomic mass is 9.61. The molecule has 31 heavy (non-hydrogen) atoms. The van der Waals surface area contributed by atoms with Gasteiger partial charge in [-0.15, -0.1) is 11.3 Å². The van der Waals surface area contributed by atoms with Crippen LogP contribution in [0.25, 0.3) is 10.1 Å². The number of thiophene rings is 1. The van der Waals surface area contributed by atoms with Gasteiger partial charge >= 0.3 is 5.97 Å². The number of hydrogen-bond acceptors (Lipinski definition) is 4. The smallest absolute Gasteiger partial charge is 0.347 e. The van der Waals surface area contributed by atoms with Gasteiger partial charge in [0.1, 0.15) is 5.75 Å². The Labute approximate surface area is 186 Å². The first-order chi connectivity index (χ1) is 14.6. The lowest BCUT2D eigenvalue weighted by Gasteiger charge is -2.42. The number of Topliss-reactive ketones (excluding diaryl/α,β-unsaturated/α-hetero) is 1. The first kappa shape index (κ1) is 21.6. The number of ketones is 1. The number of carboxylic acids is 1. The Kier molecular flexibility index (Phi) is 5.42. The van der Waals surface area contributed by atoms with Gasteiger partial charge in [0.05, 0.1) is 4.88 Å². The molecular formula is C26H28O4S. The van der Waals surface area contributed by atoms with Gasteiger partial charge in [0.25, 0.3) is 0 Å². The Morgan fingerprint density at radius 2 is 1.74 bits per heavy atom. The fraction of sp³-hybridized carbons (Fsp3) is 0.385. The SMILES string of the molecule is Cc1cc(C2CC(C)C2C(=O)c2cc3ccccc3s2)cc(C)c1OC(C)(C)C(=O)O. The molecule has 0 spiro atoms. The highest BCUT2D eigenvalue weighted by Crippen LogP contribution is 2.50. The predicted molar refractivity (Wildman–Crippen MR) is 124 cm³/mol. The average Bonchev–Trinajstić information content (AvgIpc) is 3.13. The van der Waals surface area contributed by atoms with Crippen molar-refractivity contribution in [3.63, 3.8) is 0 Å². The van der Waals surface area contributed by atoms with Crippen LogP contribution < -0.4 is 4.74 Å². The van der Waals surface area contributed by atoms with Crippen molar-refractivity contribution in [3.8, 4) is 5.75 Å². The molecule has 162 valence electrons.